The summed E-state index contributed by atoms with van der Waals surface area (Å²) in [6, 6.07) is 27.8. The lowest BCUT2D eigenvalue weighted by Crippen LogP contribution is -2.57. The summed E-state index contributed by atoms with van der Waals surface area (Å²) in [5.74, 6) is -3.34. The van der Waals surface area contributed by atoms with Crippen molar-refractivity contribution in [2.24, 2.45) is 0 Å². The maximum absolute atomic E-state index is 14.6. The van der Waals surface area contributed by atoms with E-state index >= 15 is 0 Å². The predicted molar refractivity (Wildman–Crippen MR) is 305 cm³/mol. The summed E-state index contributed by atoms with van der Waals surface area (Å²) in [5, 5.41) is 18.1. The van der Waals surface area contributed by atoms with E-state index in [4.69, 9.17) is 4.74 Å². The van der Waals surface area contributed by atoms with E-state index in [9.17, 15) is 38.4 Å². The molecule has 0 bridgehead atoms. The standard InChI is InChI=1S/C64H50N8O9/c1-31(69-57(73)41-13-5-33-37-9-17-45-55-46(62(78)71(61(45)77)67-25-21-65(3)22-26-67)18-10-38(51(37)55)34-6-14-42(58(69)74)53(41)49(33)34)29-81-30-32(2)70-59(75)43-15-7-35-39-11-19-47-56-48(64(80)72(63(47)79)68-27-23-66(4)24-28-68)20-12-40(52(39)56)36-8-16-44(60(70)76)54(43)50(35)36/h5-20,31-32H,21-30H2,1-4H3. The number of piperazine rings is 2. The zero-order valence-electron chi connectivity index (χ0n) is 44.7. The van der Waals surface area contributed by atoms with Crippen LogP contribution in [0.1, 0.15) is 96.7 Å². The molecule has 16 rings (SSSR count). The summed E-state index contributed by atoms with van der Waals surface area (Å²) in [6.07, 6.45) is 0. The number of ether oxygens (including phenoxy) is 1. The lowest BCUT2D eigenvalue weighted by Gasteiger charge is -2.40. The van der Waals surface area contributed by atoms with Crippen LogP contribution in [0.4, 0.5) is 0 Å². The Hall–Kier alpha value is -8.84. The van der Waals surface area contributed by atoms with Crippen LogP contribution in [0.15, 0.2) is 97.1 Å². The van der Waals surface area contributed by atoms with Gasteiger partial charge in [-0.3, -0.25) is 48.2 Å². The highest BCUT2D eigenvalue weighted by molar-refractivity contribution is 6.43. The first-order valence-electron chi connectivity index (χ1n) is 27.6. The Morgan fingerprint density at radius 1 is 0.309 bits per heavy atom. The first-order valence-corrected chi connectivity index (χ1v) is 27.6. The first-order chi connectivity index (χ1) is 39.2. The molecule has 6 aliphatic heterocycles. The summed E-state index contributed by atoms with van der Waals surface area (Å²) in [5.41, 5.74) is 3.25. The highest BCUT2D eigenvalue weighted by Crippen LogP contribution is 2.49. The predicted octanol–water partition coefficient (Wildman–Crippen LogP) is 7.99. The Kier molecular flexibility index (Phi) is 10.0. The van der Waals surface area contributed by atoms with Crippen molar-refractivity contribution in [3.63, 3.8) is 0 Å². The fraction of sp³-hybridized carbons (Fsp3) is 0.250. The number of benzene rings is 10. The maximum Gasteiger partial charge on any atom is 0.276 e. The molecule has 2 fully saturated rings. The Bertz CT molecular complexity index is 4120. The van der Waals surface area contributed by atoms with Gasteiger partial charge in [-0.2, -0.15) is 0 Å². The quantitative estimate of drug-likeness (QED) is 0.0816. The topological polar surface area (TPSA) is 172 Å². The molecule has 0 saturated carbocycles. The third-order valence-electron chi connectivity index (χ3n) is 18.4. The number of rotatable bonds is 8. The highest BCUT2D eigenvalue weighted by atomic mass is 16.5. The molecule has 0 aliphatic carbocycles. The zero-order valence-corrected chi connectivity index (χ0v) is 44.7. The van der Waals surface area contributed by atoms with Gasteiger partial charge in [0.2, 0.25) is 0 Å². The SMILES string of the molecule is CC(COCC(C)N1C(=O)c2ccc3c4ccc5c6c(ccc(c7ccc(c2c37)C1=O)c64)C(=O)N(N1CCN(C)CC1)C5=O)N1C(=O)c2ccc3c4ccc5c6c(ccc(c7ccc(c2c37)C1=O)c64)C(=O)N(N1CCN(C)CC1)C5=O. The van der Waals surface area contributed by atoms with Crippen molar-refractivity contribution in [3.05, 3.63) is 142 Å². The molecule has 10 aromatic carbocycles. The molecule has 0 aromatic heterocycles. The van der Waals surface area contributed by atoms with E-state index in [2.05, 4.69) is 9.80 Å². The average molecular weight is 1080 g/mol. The van der Waals surface area contributed by atoms with Crippen LogP contribution in [0.25, 0.3) is 86.2 Å². The van der Waals surface area contributed by atoms with Crippen molar-refractivity contribution in [1.82, 2.24) is 39.6 Å². The number of carbonyl (C=O) groups excluding carboxylic acids is 8. The Morgan fingerprint density at radius 2 is 0.519 bits per heavy atom. The Labute approximate surface area is 461 Å². The Morgan fingerprint density at radius 3 is 0.741 bits per heavy atom. The molecule has 0 radical (unpaired) electrons. The molecule has 81 heavy (non-hydrogen) atoms. The average Bonchev–Trinajstić information content (AvgIpc) is 3.47. The van der Waals surface area contributed by atoms with Crippen molar-refractivity contribution in [3.8, 4) is 0 Å². The summed E-state index contributed by atoms with van der Waals surface area (Å²) >= 11 is 0. The number of nitrogens with zero attached hydrogens (tertiary/aromatic N) is 8. The van der Waals surface area contributed by atoms with Crippen molar-refractivity contribution >= 4 is 133 Å². The normalized spacial score (nSPS) is 19.4. The lowest BCUT2D eigenvalue weighted by atomic mass is 9.82. The second-order valence-electron chi connectivity index (χ2n) is 22.8. The fourth-order valence-electron chi connectivity index (χ4n) is 14.4. The number of fused-ring (bicyclic) bond motifs is 4. The molecular formula is C64H50N8O9. The van der Waals surface area contributed by atoms with E-state index in [1.165, 1.54) is 19.8 Å². The van der Waals surface area contributed by atoms with Crippen LogP contribution in [-0.2, 0) is 4.74 Å². The molecule has 0 spiro atoms. The van der Waals surface area contributed by atoms with Gasteiger partial charge in [0.1, 0.15) is 0 Å². The van der Waals surface area contributed by atoms with E-state index in [1.54, 1.807) is 62.4 Å². The van der Waals surface area contributed by atoms with Gasteiger partial charge in [-0.1, -0.05) is 48.5 Å². The Balaban J connectivity index is 0.664. The van der Waals surface area contributed by atoms with Crippen molar-refractivity contribution in [2.75, 3.05) is 79.7 Å². The van der Waals surface area contributed by atoms with Gasteiger partial charge in [0, 0.05) is 96.2 Å². The number of hydrazine groups is 2. The molecule has 10 aromatic rings. The van der Waals surface area contributed by atoms with E-state index in [0.717, 1.165) is 90.8 Å². The van der Waals surface area contributed by atoms with Gasteiger partial charge in [0.05, 0.1) is 47.6 Å². The van der Waals surface area contributed by atoms with Crippen LogP contribution in [0, 0.1) is 0 Å². The number of hydrogen-bond donors (Lipinski definition) is 0. The molecule has 400 valence electrons. The largest absolute Gasteiger partial charge is 0.377 e. The van der Waals surface area contributed by atoms with Crippen LogP contribution in [0.2, 0.25) is 0 Å². The van der Waals surface area contributed by atoms with E-state index in [1.807, 2.05) is 72.6 Å². The third kappa shape index (κ3) is 6.26. The summed E-state index contributed by atoms with van der Waals surface area (Å²) < 4.78 is 6.24. The number of hydrogen-bond acceptors (Lipinski definition) is 13. The smallest absolute Gasteiger partial charge is 0.276 e. The molecule has 6 aliphatic rings. The first kappa shape index (κ1) is 48.1. The van der Waals surface area contributed by atoms with Crippen molar-refractivity contribution < 1.29 is 43.1 Å². The molecule has 2 unspecified atom stereocenters. The minimum atomic E-state index is -0.741. The monoisotopic (exact) mass is 1070 g/mol. The van der Waals surface area contributed by atoms with Gasteiger partial charge in [0.15, 0.2) is 0 Å². The van der Waals surface area contributed by atoms with Gasteiger partial charge < -0.3 is 14.5 Å². The molecule has 2 atom stereocenters. The van der Waals surface area contributed by atoms with Gasteiger partial charge in [0.25, 0.3) is 47.3 Å². The lowest BCUT2D eigenvalue weighted by molar-refractivity contribution is -0.0225. The summed E-state index contributed by atoms with van der Waals surface area (Å²) in [7, 11) is 4.04. The third-order valence-corrected chi connectivity index (χ3v) is 18.4. The maximum atomic E-state index is 14.6. The van der Waals surface area contributed by atoms with Gasteiger partial charge >= 0.3 is 0 Å². The van der Waals surface area contributed by atoms with Crippen molar-refractivity contribution in [2.45, 2.75) is 25.9 Å². The zero-order chi connectivity index (χ0) is 55.3. The van der Waals surface area contributed by atoms with Gasteiger partial charge in [-0.15, -0.1) is 0 Å². The molecule has 17 nitrogen and oxygen atoms in total. The number of likely N-dealkylation sites (N-methyl/N-ethyl adjacent to an activating group) is 2. The molecule has 6 heterocycles. The van der Waals surface area contributed by atoms with Crippen LogP contribution in [0.5, 0.6) is 0 Å². The number of amides is 8. The molecule has 8 amide bonds. The highest BCUT2D eigenvalue weighted by Gasteiger charge is 2.43. The minimum Gasteiger partial charge on any atom is -0.377 e. The minimum absolute atomic E-state index is 0.0747. The van der Waals surface area contributed by atoms with Crippen LogP contribution < -0.4 is 0 Å². The molecule has 2 saturated heterocycles. The molecule has 17 heteroatoms. The van der Waals surface area contributed by atoms with Crippen molar-refractivity contribution in [1.29, 1.82) is 0 Å². The van der Waals surface area contributed by atoms with Crippen LogP contribution in [-0.4, -0.2) is 179 Å². The number of imide groups is 4. The van der Waals surface area contributed by atoms with Crippen LogP contribution in [0.3, 0.4) is 0 Å². The number of carbonyl (C=O) groups is 8. The van der Waals surface area contributed by atoms with E-state index in [-0.39, 0.29) is 36.8 Å². The van der Waals surface area contributed by atoms with E-state index < -0.39 is 35.7 Å². The van der Waals surface area contributed by atoms with E-state index in [0.29, 0.717) is 92.2 Å². The van der Waals surface area contributed by atoms with Gasteiger partial charge in [-0.25, -0.2) is 20.0 Å². The summed E-state index contributed by atoms with van der Waals surface area (Å²) in [6.45, 7) is 8.45. The molecular weight excluding hydrogens is 1020 g/mol. The van der Waals surface area contributed by atoms with Crippen LogP contribution >= 0.6 is 0 Å². The second kappa shape index (κ2) is 16.9. The molecule has 0 N–H and O–H groups in total. The summed E-state index contributed by atoms with van der Waals surface area (Å²) in [4.78, 5) is 122. The fourth-order valence-corrected chi connectivity index (χ4v) is 14.4. The van der Waals surface area contributed by atoms with Gasteiger partial charge in [-0.05, 0) is 141 Å². The second-order valence-corrected chi connectivity index (χ2v) is 22.8.